The average molecular weight is 399 g/mol. The van der Waals surface area contributed by atoms with E-state index in [1.54, 1.807) is 19.2 Å². The summed E-state index contributed by atoms with van der Waals surface area (Å²) in [6, 6.07) is 4.84. The Kier molecular flexibility index (Phi) is 4.81. The molecule has 4 heterocycles. The zero-order valence-electron chi connectivity index (χ0n) is 14.6. The maximum absolute atomic E-state index is 12.2. The minimum absolute atomic E-state index is 0.00109. The van der Waals surface area contributed by atoms with Crippen LogP contribution in [0.5, 0.6) is 0 Å². The molecule has 0 radical (unpaired) electrons. The van der Waals surface area contributed by atoms with Crippen LogP contribution in [0.4, 0.5) is 0 Å². The van der Waals surface area contributed by atoms with Crippen molar-refractivity contribution in [3.05, 3.63) is 57.2 Å². The molecule has 0 aliphatic carbocycles. The van der Waals surface area contributed by atoms with Crippen molar-refractivity contribution < 1.29 is 18.6 Å². The fourth-order valence-electron chi connectivity index (χ4n) is 2.38. The largest absolute Gasteiger partial charge is 0.459 e. The predicted molar refractivity (Wildman–Crippen MR) is 96.7 cm³/mol. The maximum Gasteiger partial charge on any atom is 0.397 e. The van der Waals surface area contributed by atoms with Gasteiger partial charge >= 0.3 is 11.9 Å². The number of thiophene rings is 1. The van der Waals surface area contributed by atoms with Crippen molar-refractivity contribution in [3.63, 3.8) is 0 Å². The fraction of sp³-hybridized carbons (Fsp3) is 0.176. The quantitative estimate of drug-likeness (QED) is 0.448. The standard InChI is InChI=1S/C17H13N5O5S/c1-2-25-17(24)16-18-12(20-27-16)8-22-7-10(3-4-13(22)23)15-19-14(21-26-15)11-5-6-28-9-11/h3-7,9H,2,8H2,1H3. The Balaban J connectivity index is 1.58. The number of esters is 1. The van der Waals surface area contributed by atoms with Crippen molar-refractivity contribution in [1.29, 1.82) is 0 Å². The molecule has 0 aliphatic rings. The number of hydrogen-bond donors (Lipinski definition) is 0. The lowest BCUT2D eigenvalue weighted by Gasteiger charge is -2.03. The number of carbonyl (C=O) groups excluding carboxylic acids is 1. The van der Waals surface area contributed by atoms with Crippen molar-refractivity contribution in [2.45, 2.75) is 13.5 Å². The Morgan fingerprint density at radius 3 is 2.86 bits per heavy atom. The van der Waals surface area contributed by atoms with Crippen LogP contribution in [0.1, 0.15) is 23.4 Å². The molecule has 0 spiro atoms. The second-order valence-corrected chi connectivity index (χ2v) is 6.34. The fourth-order valence-corrected chi connectivity index (χ4v) is 3.01. The second-order valence-electron chi connectivity index (χ2n) is 5.56. The molecular formula is C17H13N5O5S. The lowest BCUT2D eigenvalue weighted by atomic mass is 10.2. The minimum atomic E-state index is -0.714. The van der Waals surface area contributed by atoms with Crippen molar-refractivity contribution in [2.24, 2.45) is 0 Å². The maximum atomic E-state index is 12.2. The molecular weight excluding hydrogens is 386 g/mol. The van der Waals surface area contributed by atoms with Gasteiger partial charge in [-0.3, -0.25) is 4.79 Å². The number of rotatable bonds is 6. The SMILES string of the molecule is CCOC(=O)c1nc(Cn2cc(-c3nc(-c4ccsc4)no3)ccc2=O)no1. The molecule has 28 heavy (non-hydrogen) atoms. The lowest BCUT2D eigenvalue weighted by molar-refractivity contribution is 0.0470. The summed E-state index contributed by atoms with van der Waals surface area (Å²) >= 11 is 1.53. The molecule has 0 atom stereocenters. The molecule has 10 nitrogen and oxygen atoms in total. The summed E-state index contributed by atoms with van der Waals surface area (Å²) < 4.78 is 16.3. The number of aromatic nitrogens is 5. The lowest BCUT2D eigenvalue weighted by Crippen LogP contribution is -2.19. The number of hydrogen-bond acceptors (Lipinski definition) is 10. The molecule has 0 saturated heterocycles. The van der Waals surface area contributed by atoms with Gasteiger partial charge < -0.3 is 18.4 Å². The first-order valence-corrected chi connectivity index (χ1v) is 9.15. The minimum Gasteiger partial charge on any atom is -0.459 e. The van der Waals surface area contributed by atoms with Crippen LogP contribution in [-0.4, -0.2) is 37.4 Å². The van der Waals surface area contributed by atoms with Crippen LogP contribution in [0.25, 0.3) is 22.8 Å². The van der Waals surface area contributed by atoms with Crippen LogP contribution < -0.4 is 5.56 Å². The highest BCUT2D eigenvalue weighted by molar-refractivity contribution is 7.08. The third-order valence-electron chi connectivity index (χ3n) is 3.67. The predicted octanol–water partition coefficient (Wildman–Crippen LogP) is 2.23. The van der Waals surface area contributed by atoms with Gasteiger partial charge in [0.25, 0.3) is 11.4 Å². The van der Waals surface area contributed by atoms with E-state index in [0.29, 0.717) is 11.4 Å². The van der Waals surface area contributed by atoms with Gasteiger partial charge in [-0.15, -0.1) is 0 Å². The number of ether oxygens (including phenoxy) is 1. The summed E-state index contributed by atoms with van der Waals surface area (Å²) in [7, 11) is 0. The van der Waals surface area contributed by atoms with Gasteiger partial charge in [-0.05, 0) is 24.4 Å². The molecule has 0 N–H and O–H groups in total. The van der Waals surface area contributed by atoms with Crippen LogP contribution in [0.2, 0.25) is 0 Å². The first-order chi connectivity index (χ1) is 13.6. The first-order valence-electron chi connectivity index (χ1n) is 8.21. The topological polar surface area (TPSA) is 126 Å². The summed E-state index contributed by atoms with van der Waals surface area (Å²) in [6.45, 7) is 1.86. The van der Waals surface area contributed by atoms with E-state index in [-0.39, 0.29) is 36.3 Å². The number of carbonyl (C=O) groups is 1. The average Bonchev–Trinajstić information content (AvgIpc) is 3.45. The third kappa shape index (κ3) is 3.60. The summed E-state index contributed by atoms with van der Waals surface area (Å²) in [6.07, 6.45) is 1.55. The highest BCUT2D eigenvalue weighted by Crippen LogP contribution is 2.23. The van der Waals surface area contributed by atoms with Gasteiger partial charge in [-0.1, -0.05) is 10.3 Å². The Morgan fingerprint density at radius 1 is 1.18 bits per heavy atom. The number of nitrogens with zero attached hydrogens (tertiary/aromatic N) is 5. The molecule has 0 amide bonds. The summed E-state index contributed by atoms with van der Waals surface area (Å²) in [4.78, 5) is 32.1. The van der Waals surface area contributed by atoms with E-state index >= 15 is 0 Å². The molecule has 4 rings (SSSR count). The van der Waals surface area contributed by atoms with E-state index in [4.69, 9.17) is 13.8 Å². The van der Waals surface area contributed by atoms with Gasteiger partial charge in [0.15, 0.2) is 5.82 Å². The van der Waals surface area contributed by atoms with E-state index in [1.165, 1.54) is 22.0 Å². The van der Waals surface area contributed by atoms with Crippen LogP contribution in [0.15, 0.2) is 49.0 Å². The Morgan fingerprint density at radius 2 is 2.07 bits per heavy atom. The third-order valence-corrected chi connectivity index (χ3v) is 4.35. The molecule has 0 aliphatic heterocycles. The van der Waals surface area contributed by atoms with Crippen molar-refractivity contribution in [2.75, 3.05) is 6.61 Å². The van der Waals surface area contributed by atoms with Gasteiger partial charge in [-0.2, -0.15) is 21.3 Å². The Bertz CT molecular complexity index is 1160. The molecule has 11 heteroatoms. The van der Waals surface area contributed by atoms with Crippen LogP contribution >= 0.6 is 11.3 Å². The highest BCUT2D eigenvalue weighted by Gasteiger charge is 2.17. The van der Waals surface area contributed by atoms with Gasteiger partial charge in [0, 0.05) is 23.2 Å². The van der Waals surface area contributed by atoms with Gasteiger partial charge in [0.2, 0.25) is 5.82 Å². The van der Waals surface area contributed by atoms with Crippen LogP contribution in [0, 0.1) is 0 Å². The summed E-state index contributed by atoms with van der Waals surface area (Å²) in [5.41, 5.74) is 1.12. The molecule has 0 fully saturated rings. The first kappa shape index (κ1) is 17.8. The molecule has 0 aromatic carbocycles. The Hall–Kier alpha value is -3.60. The highest BCUT2D eigenvalue weighted by atomic mass is 32.1. The zero-order valence-corrected chi connectivity index (χ0v) is 15.4. The molecule has 4 aromatic heterocycles. The van der Waals surface area contributed by atoms with E-state index in [2.05, 4.69) is 20.3 Å². The van der Waals surface area contributed by atoms with Crippen molar-refractivity contribution in [1.82, 2.24) is 24.8 Å². The van der Waals surface area contributed by atoms with Gasteiger partial charge in [0.1, 0.15) is 0 Å². The molecule has 0 unspecified atom stereocenters. The van der Waals surface area contributed by atoms with Crippen molar-refractivity contribution >= 4 is 17.3 Å². The van der Waals surface area contributed by atoms with Crippen LogP contribution in [0.3, 0.4) is 0 Å². The van der Waals surface area contributed by atoms with Gasteiger partial charge in [-0.25, -0.2) is 4.79 Å². The second kappa shape index (κ2) is 7.56. The molecule has 0 bridgehead atoms. The summed E-state index contributed by atoms with van der Waals surface area (Å²) in [5.74, 6) is -0.0826. The molecule has 4 aromatic rings. The van der Waals surface area contributed by atoms with Gasteiger partial charge in [0.05, 0.1) is 18.7 Å². The normalized spacial score (nSPS) is 10.9. The van der Waals surface area contributed by atoms with E-state index in [9.17, 15) is 9.59 Å². The van der Waals surface area contributed by atoms with E-state index < -0.39 is 5.97 Å². The van der Waals surface area contributed by atoms with Crippen LogP contribution in [-0.2, 0) is 11.3 Å². The molecule has 142 valence electrons. The summed E-state index contributed by atoms with van der Waals surface area (Å²) in [5, 5.41) is 11.5. The monoisotopic (exact) mass is 399 g/mol. The zero-order chi connectivity index (χ0) is 19.5. The smallest absolute Gasteiger partial charge is 0.397 e. The van der Waals surface area contributed by atoms with E-state index in [1.807, 2.05) is 16.8 Å². The van der Waals surface area contributed by atoms with Crippen molar-refractivity contribution in [3.8, 4) is 22.8 Å². The molecule has 0 saturated carbocycles. The van der Waals surface area contributed by atoms with E-state index in [0.717, 1.165) is 5.56 Å². The number of pyridine rings is 1. The Labute approximate surface area is 161 Å².